The van der Waals surface area contributed by atoms with Gasteiger partial charge in [0.2, 0.25) is 5.78 Å². The Morgan fingerprint density at radius 3 is 1.68 bits per heavy atom. The Hall–Kier alpha value is 1.88. The van der Waals surface area contributed by atoms with Crippen LogP contribution in [0.4, 0.5) is 0 Å². The molecule has 0 radical (unpaired) electrons. The Bertz CT molecular complexity index is 1410. The molecule has 0 fully saturated rings. The third kappa shape index (κ3) is 6.36. The first kappa shape index (κ1) is 32.1. The van der Waals surface area contributed by atoms with Crippen LogP contribution in [0, 0.1) is 0 Å². The summed E-state index contributed by atoms with van der Waals surface area (Å²) in [6.45, 7) is 0. The number of hydrogen-bond donors (Lipinski definition) is 2. The Balaban J connectivity index is 0.00000306. The number of aromatic hydroxyl groups is 1. The number of Topliss-reactive ketones (excluding diaryl/α,β-unsaturated/α-hetero) is 1. The van der Waals surface area contributed by atoms with Gasteiger partial charge in [-0.25, -0.2) is 0 Å². The zero-order valence-corrected chi connectivity index (χ0v) is 31.9. The molecule has 0 saturated carbocycles. The quantitative estimate of drug-likeness (QED) is 0.164. The van der Waals surface area contributed by atoms with Crippen LogP contribution in [0.25, 0.3) is 5.57 Å². The molecule has 2 N–H and O–H groups in total. The first-order valence-corrected chi connectivity index (χ1v) is 16.0. The molecule has 0 amide bonds. The molecule has 1 aliphatic rings. The van der Waals surface area contributed by atoms with E-state index in [0.717, 1.165) is 0 Å². The van der Waals surface area contributed by atoms with Crippen LogP contribution < -0.4 is 29.6 Å². The minimum atomic E-state index is -4.75. The van der Waals surface area contributed by atoms with Gasteiger partial charge >= 0.3 is 29.6 Å². The molecule has 0 heterocycles. The molecule has 0 spiro atoms. The van der Waals surface area contributed by atoms with Crippen molar-refractivity contribution in [3.05, 3.63) is 76.8 Å². The summed E-state index contributed by atoms with van der Waals surface area (Å²) in [7, 11) is -4.75. The standard InChI is InChI=1S/C19H6Br8O5S.Na.H/c20-7-1-5(2-8(21)17(7)28)11(6-3-9(22)18(29)10(23)4-6)12-13(24)14(25)15(26)16(27)19(12)33(30,31)32;;/h1-4,28H,(H,30,31,32);;/q;+1;-1. The summed E-state index contributed by atoms with van der Waals surface area (Å²) in [5, 5.41) is 10.2. The van der Waals surface area contributed by atoms with Gasteiger partial charge in [-0.2, -0.15) is 8.42 Å². The fraction of sp³-hybridized carbons (Fsp3) is 0. The Morgan fingerprint density at radius 1 is 0.794 bits per heavy atom. The van der Waals surface area contributed by atoms with Gasteiger partial charge in [-0.05, 0) is 168 Å². The number of hydrogen-bond acceptors (Lipinski definition) is 4. The van der Waals surface area contributed by atoms with Crippen molar-refractivity contribution in [3.8, 4) is 5.75 Å². The first-order chi connectivity index (χ1) is 15.2. The van der Waals surface area contributed by atoms with E-state index in [9.17, 15) is 22.9 Å². The maximum absolute atomic E-state index is 12.6. The van der Waals surface area contributed by atoms with E-state index in [1.54, 1.807) is 24.3 Å². The number of rotatable bonds is 3. The molecule has 0 bridgehead atoms. The van der Waals surface area contributed by atoms with Gasteiger partial charge in [0.1, 0.15) is 10.6 Å². The number of phenols is 1. The van der Waals surface area contributed by atoms with Gasteiger partial charge in [-0.15, -0.1) is 0 Å². The summed E-state index contributed by atoms with van der Waals surface area (Å²) in [6, 6.07) is 3.18. The molecule has 0 aliphatic heterocycles. The van der Waals surface area contributed by atoms with Crippen LogP contribution in [-0.2, 0) is 14.9 Å². The number of carbonyl (C=O) groups excluding carboxylic acids is 1. The van der Waals surface area contributed by atoms with Gasteiger partial charge < -0.3 is 6.53 Å². The van der Waals surface area contributed by atoms with Gasteiger partial charge in [0.25, 0.3) is 10.1 Å². The maximum Gasteiger partial charge on any atom is 1.00 e. The molecule has 0 aromatic heterocycles. The van der Waals surface area contributed by atoms with Crippen LogP contribution >= 0.6 is 127 Å². The van der Waals surface area contributed by atoms with Crippen LogP contribution in [-0.4, -0.2) is 23.9 Å². The topological polar surface area (TPSA) is 91.7 Å². The predicted molar refractivity (Wildman–Crippen MR) is 157 cm³/mol. The van der Waals surface area contributed by atoms with E-state index in [0.29, 0.717) is 39.1 Å². The third-order valence-electron chi connectivity index (χ3n) is 4.32. The van der Waals surface area contributed by atoms with E-state index >= 15 is 0 Å². The van der Waals surface area contributed by atoms with Crippen molar-refractivity contribution in [2.75, 3.05) is 0 Å². The number of halogens is 8. The number of carbonyl (C=O) groups is 1. The number of allylic oxidation sites excluding steroid dienone is 5. The Morgan fingerprint density at radius 2 is 1.24 bits per heavy atom. The summed E-state index contributed by atoms with van der Waals surface area (Å²) in [4.78, 5) is 11.9. The average molecular weight is 1010 g/mol. The van der Waals surface area contributed by atoms with Gasteiger partial charge in [-0.3, -0.25) is 9.35 Å². The summed E-state index contributed by atoms with van der Waals surface area (Å²) in [5.74, 6) is -0.346. The van der Waals surface area contributed by atoms with E-state index in [1.807, 2.05) is 0 Å². The molecule has 0 atom stereocenters. The third-order valence-corrected chi connectivity index (χ3v) is 12.7. The fourth-order valence-corrected chi connectivity index (χ4v) is 9.30. The van der Waals surface area contributed by atoms with Gasteiger partial charge in [0, 0.05) is 19.0 Å². The average Bonchev–Trinajstić information content (AvgIpc) is 2.71. The van der Waals surface area contributed by atoms with Crippen molar-refractivity contribution < 1.29 is 53.9 Å². The van der Waals surface area contributed by atoms with E-state index in [2.05, 4.69) is 127 Å². The van der Waals surface area contributed by atoms with Gasteiger partial charge in [0.15, 0.2) is 0 Å². The molecule has 0 saturated heterocycles. The second kappa shape index (κ2) is 12.4. The zero-order chi connectivity index (χ0) is 25.0. The summed E-state index contributed by atoms with van der Waals surface area (Å²) in [6.07, 6.45) is 3.09. The van der Waals surface area contributed by atoms with E-state index in [-0.39, 0.29) is 61.5 Å². The van der Waals surface area contributed by atoms with Crippen LogP contribution in [0.3, 0.4) is 0 Å². The number of phenolic OH excluding ortho intramolecular Hbond substituents is 1. The number of benzene rings is 2. The van der Waals surface area contributed by atoms with E-state index in [1.165, 1.54) is 0 Å². The summed E-state index contributed by atoms with van der Waals surface area (Å²) < 4.78 is 37.7. The van der Waals surface area contributed by atoms with Crippen molar-refractivity contribution >= 4 is 149 Å². The molecule has 176 valence electrons. The fourth-order valence-electron chi connectivity index (χ4n) is 2.95. The van der Waals surface area contributed by atoms with Crippen LogP contribution in [0.15, 0.2) is 70.6 Å². The van der Waals surface area contributed by atoms with Crippen LogP contribution in [0.5, 0.6) is 5.75 Å². The van der Waals surface area contributed by atoms with Crippen LogP contribution in [0.1, 0.15) is 12.6 Å². The molecule has 34 heavy (non-hydrogen) atoms. The SMILES string of the molecule is O=C1C(Br)=CC(=C(c2cc(Br)c(O)c(Br)c2)c2c(Br)c(Br)c(Br)c(Br)c2S(=O)(=O)O)C=C1Br.[H-].[Na+]. The molecule has 0 unspecified atom stereocenters. The Labute approximate surface area is 285 Å². The smallest absolute Gasteiger partial charge is 1.00 e. The monoisotopic (exact) mass is 1000 g/mol. The molecule has 1 aliphatic carbocycles. The van der Waals surface area contributed by atoms with Crippen molar-refractivity contribution in [1.29, 1.82) is 0 Å². The first-order valence-electron chi connectivity index (χ1n) is 8.22. The van der Waals surface area contributed by atoms with Gasteiger partial charge in [0.05, 0.1) is 22.4 Å². The molecular weight excluding hydrogens is 1000 g/mol. The summed E-state index contributed by atoms with van der Waals surface area (Å²) >= 11 is 26.6. The molecule has 5 nitrogen and oxygen atoms in total. The Kier molecular flexibility index (Phi) is 11.7. The van der Waals surface area contributed by atoms with Crippen molar-refractivity contribution in [3.63, 3.8) is 0 Å². The second-order valence-electron chi connectivity index (χ2n) is 6.37. The van der Waals surface area contributed by atoms with E-state index in [4.69, 9.17) is 0 Å². The minimum absolute atomic E-state index is 0. The van der Waals surface area contributed by atoms with Gasteiger partial charge in [-0.1, -0.05) is 0 Å². The van der Waals surface area contributed by atoms with Crippen molar-refractivity contribution in [1.82, 2.24) is 0 Å². The zero-order valence-electron chi connectivity index (χ0n) is 17.4. The maximum atomic E-state index is 12.6. The molecule has 3 rings (SSSR count). The van der Waals surface area contributed by atoms with Crippen LogP contribution in [0.2, 0.25) is 0 Å². The van der Waals surface area contributed by atoms with Crippen molar-refractivity contribution in [2.24, 2.45) is 0 Å². The molecular formula is C19H7Br8NaO5S. The van der Waals surface area contributed by atoms with E-state index < -0.39 is 15.0 Å². The largest absolute Gasteiger partial charge is 1.00 e. The minimum Gasteiger partial charge on any atom is -1.00 e. The number of ketones is 1. The molecule has 2 aromatic carbocycles. The predicted octanol–water partition coefficient (Wildman–Crippen LogP) is 6.27. The van der Waals surface area contributed by atoms with Crippen molar-refractivity contribution in [2.45, 2.75) is 4.90 Å². The normalized spacial score (nSPS) is 13.9. The summed E-state index contributed by atoms with van der Waals surface area (Å²) in [5.41, 5.74) is 1.37. The molecule has 15 heteroatoms. The molecule has 2 aromatic rings. The second-order valence-corrected chi connectivity index (χ2v) is 14.3.